The van der Waals surface area contributed by atoms with Gasteiger partial charge in [0, 0.05) is 26.2 Å². The lowest BCUT2D eigenvalue weighted by molar-refractivity contribution is 0.310. The van der Waals surface area contributed by atoms with Gasteiger partial charge in [-0.1, -0.05) is 6.07 Å². The standard InChI is InChI=1S/C19H34N4O4S.HI/c1-5-20-19(22-13-14-23-28(24,25)7-3)21-12-8-9-16-10-11-17(26-4)18(15-16)27-6-2;/h10-11,15,23H,5-9,12-14H2,1-4H3,(H2,20,21,22);1H. The van der Waals surface area contributed by atoms with Crippen molar-refractivity contribution in [2.75, 3.05) is 45.6 Å². The van der Waals surface area contributed by atoms with Crippen LogP contribution in [-0.2, 0) is 16.4 Å². The molecule has 0 spiro atoms. The first kappa shape index (κ1) is 27.7. The molecule has 0 amide bonds. The molecule has 8 nitrogen and oxygen atoms in total. The Kier molecular flexibility index (Phi) is 14.9. The van der Waals surface area contributed by atoms with E-state index in [2.05, 4.69) is 20.3 Å². The second kappa shape index (κ2) is 15.6. The number of aryl methyl sites for hydroxylation is 1. The molecule has 0 unspecified atom stereocenters. The van der Waals surface area contributed by atoms with Crippen LogP contribution in [0.2, 0.25) is 0 Å². The van der Waals surface area contributed by atoms with Crippen LogP contribution >= 0.6 is 24.0 Å². The van der Waals surface area contributed by atoms with E-state index in [1.807, 2.05) is 32.0 Å². The average Bonchev–Trinajstić information content (AvgIpc) is 2.69. The Bertz CT molecular complexity index is 714. The third-order valence-corrected chi connectivity index (χ3v) is 5.29. The van der Waals surface area contributed by atoms with E-state index in [4.69, 9.17) is 9.47 Å². The summed E-state index contributed by atoms with van der Waals surface area (Å²) in [5.74, 6) is 2.26. The number of nitrogens with zero attached hydrogens (tertiary/aromatic N) is 1. The third-order valence-electron chi connectivity index (χ3n) is 3.89. The molecule has 0 aliphatic rings. The van der Waals surface area contributed by atoms with Gasteiger partial charge in [-0.05, 0) is 51.3 Å². The highest BCUT2D eigenvalue weighted by Gasteiger charge is 2.06. The molecule has 0 atom stereocenters. The fraction of sp³-hybridized carbons (Fsp3) is 0.632. The highest BCUT2D eigenvalue weighted by atomic mass is 127. The first-order valence-corrected chi connectivity index (χ1v) is 11.4. The van der Waals surface area contributed by atoms with Gasteiger partial charge in [0.15, 0.2) is 17.5 Å². The van der Waals surface area contributed by atoms with Gasteiger partial charge < -0.3 is 20.1 Å². The van der Waals surface area contributed by atoms with Crippen LogP contribution in [0.15, 0.2) is 23.2 Å². The molecule has 168 valence electrons. The molecule has 0 bridgehead atoms. The molecule has 29 heavy (non-hydrogen) atoms. The topological polar surface area (TPSA) is 101 Å². The molecule has 0 radical (unpaired) electrons. The van der Waals surface area contributed by atoms with E-state index in [9.17, 15) is 8.42 Å². The number of rotatable bonds is 13. The van der Waals surface area contributed by atoms with E-state index in [-0.39, 0.29) is 29.7 Å². The van der Waals surface area contributed by atoms with Gasteiger partial charge in [-0.2, -0.15) is 0 Å². The van der Waals surface area contributed by atoms with Crippen LogP contribution in [0.4, 0.5) is 0 Å². The van der Waals surface area contributed by atoms with Gasteiger partial charge in [-0.15, -0.1) is 24.0 Å². The number of methoxy groups -OCH3 is 1. The molecule has 0 aliphatic heterocycles. The van der Waals surface area contributed by atoms with Gasteiger partial charge in [0.05, 0.1) is 19.5 Å². The molecule has 1 aromatic rings. The Morgan fingerprint density at radius 3 is 2.48 bits per heavy atom. The minimum Gasteiger partial charge on any atom is -0.493 e. The largest absolute Gasteiger partial charge is 0.493 e. The molecule has 1 aromatic carbocycles. The summed E-state index contributed by atoms with van der Waals surface area (Å²) < 4.78 is 36.3. The van der Waals surface area contributed by atoms with Crippen molar-refractivity contribution in [1.82, 2.24) is 15.4 Å². The zero-order valence-electron chi connectivity index (χ0n) is 17.8. The van der Waals surface area contributed by atoms with Crippen molar-refractivity contribution >= 4 is 40.0 Å². The number of sulfonamides is 1. The molecule has 10 heteroatoms. The molecule has 0 aromatic heterocycles. The Labute approximate surface area is 192 Å². The Morgan fingerprint density at radius 1 is 1.10 bits per heavy atom. The van der Waals surface area contributed by atoms with Crippen molar-refractivity contribution in [3.05, 3.63) is 23.8 Å². The van der Waals surface area contributed by atoms with E-state index in [0.29, 0.717) is 32.2 Å². The van der Waals surface area contributed by atoms with Crippen LogP contribution in [0.1, 0.15) is 32.8 Å². The molecule has 3 N–H and O–H groups in total. The van der Waals surface area contributed by atoms with Crippen LogP contribution in [0, 0.1) is 0 Å². The molecule has 0 fully saturated rings. The lowest BCUT2D eigenvalue weighted by Crippen LogP contribution is -2.41. The number of hydrogen-bond acceptors (Lipinski definition) is 5. The highest BCUT2D eigenvalue weighted by molar-refractivity contribution is 14.0. The summed E-state index contributed by atoms with van der Waals surface area (Å²) in [7, 11) is -1.53. The fourth-order valence-electron chi connectivity index (χ4n) is 2.45. The normalized spacial score (nSPS) is 11.5. The Morgan fingerprint density at radius 2 is 1.86 bits per heavy atom. The van der Waals surface area contributed by atoms with Crippen LogP contribution < -0.4 is 24.8 Å². The average molecular weight is 542 g/mol. The first-order chi connectivity index (χ1) is 13.5. The number of guanidine groups is 1. The predicted octanol–water partition coefficient (Wildman–Crippen LogP) is 2.14. The molecule has 0 aliphatic carbocycles. The second-order valence-electron chi connectivity index (χ2n) is 6.01. The van der Waals surface area contributed by atoms with Crippen molar-refractivity contribution in [1.29, 1.82) is 0 Å². The lowest BCUT2D eigenvalue weighted by Gasteiger charge is -2.12. The maximum Gasteiger partial charge on any atom is 0.211 e. The van der Waals surface area contributed by atoms with Crippen LogP contribution in [0.5, 0.6) is 11.5 Å². The minimum absolute atomic E-state index is 0. The van der Waals surface area contributed by atoms with Crippen molar-refractivity contribution in [3.63, 3.8) is 0 Å². The SMILES string of the molecule is CCNC(=NCCCc1ccc(OC)c(OCC)c1)NCCNS(=O)(=O)CC.I. The fourth-order valence-corrected chi connectivity index (χ4v) is 3.07. The van der Waals surface area contributed by atoms with Gasteiger partial charge >= 0.3 is 0 Å². The van der Waals surface area contributed by atoms with Crippen LogP contribution in [0.3, 0.4) is 0 Å². The summed E-state index contributed by atoms with van der Waals surface area (Å²) in [6, 6.07) is 5.97. The quantitative estimate of drug-likeness (QED) is 0.153. The van der Waals surface area contributed by atoms with Gasteiger partial charge in [0.2, 0.25) is 10.0 Å². The number of benzene rings is 1. The third kappa shape index (κ3) is 11.5. The summed E-state index contributed by atoms with van der Waals surface area (Å²) in [5, 5.41) is 6.29. The monoisotopic (exact) mass is 542 g/mol. The predicted molar refractivity (Wildman–Crippen MR) is 129 cm³/mol. The summed E-state index contributed by atoms with van der Waals surface area (Å²) in [6.07, 6.45) is 1.76. The zero-order valence-corrected chi connectivity index (χ0v) is 20.9. The lowest BCUT2D eigenvalue weighted by atomic mass is 10.1. The van der Waals surface area contributed by atoms with Crippen molar-refractivity contribution in [2.24, 2.45) is 4.99 Å². The maximum atomic E-state index is 11.4. The van der Waals surface area contributed by atoms with E-state index < -0.39 is 10.0 Å². The van der Waals surface area contributed by atoms with Gasteiger partial charge in [0.1, 0.15) is 0 Å². The molecular formula is C19H35IN4O4S. The van der Waals surface area contributed by atoms with E-state index in [1.165, 1.54) is 5.56 Å². The number of hydrogen-bond donors (Lipinski definition) is 3. The first-order valence-electron chi connectivity index (χ1n) is 9.74. The van der Waals surface area contributed by atoms with E-state index >= 15 is 0 Å². The van der Waals surface area contributed by atoms with Gasteiger partial charge in [-0.25, -0.2) is 13.1 Å². The molecule has 0 saturated heterocycles. The number of ether oxygens (including phenoxy) is 2. The van der Waals surface area contributed by atoms with Crippen molar-refractivity contribution < 1.29 is 17.9 Å². The Hall–Kier alpha value is -1.27. The second-order valence-corrected chi connectivity index (χ2v) is 8.10. The highest BCUT2D eigenvalue weighted by Crippen LogP contribution is 2.28. The molecule has 1 rings (SSSR count). The zero-order chi connectivity index (χ0) is 20.8. The van der Waals surface area contributed by atoms with Crippen molar-refractivity contribution in [2.45, 2.75) is 33.6 Å². The summed E-state index contributed by atoms with van der Waals surface area (Å²) in [5.41, 5.74) is 1.17. The van der Waals surface area contributed by atoms with Gasteiger partial charge in [-0.3, -0.25) is 4.99 Å². The molecule has 0 saturated carbocycles. The number of nitrogens with one attached hydrogen (secondary N) is 3. The maximum absolute atomic E-state index is 11.4. The number of halogens is 1. The Balaban J connectivity index is 0.00000784. The smallest absolute Gasteiger partial charge is 0.211 e. The van der Waals surface area contributed by atoms with E-state index in [1.54, 1.807) is 14.0 Å². The van der Waals surface area contributed by atoms with Crippen molar-refractivity contribution in [3.8, 4) is 11.5 Å². The summed E-state index contributed by atoms with van der Waals surface area (Å²) in [4.78, 5) is 4.54. The number of aliphatic imine (C=N–C) groups is 1. The molecular weight excluding hydrogens is 507 g/mol. The summed E-state index contributed by atoms with van der Waals surface area (Å²) >= 11 is 0. The minimum atomic E-state index is -3.16. The van der Waals surface area contributed by atoms with Gasteiger partial charge in [0.25, 0.3) is 0 Å². The molecule has 0 heterocycles. The van der Waals surface area contributed by atoms with Crippen LogP contribution in [0.25, 0.3) is 0 Å². The van der Waals surface area contributed by atoms with E-state index in [0.717, 1.165) is 30.9 Å². The van der Waals surface area contributed by atoms with Crippen LogP contribution in [-0.4, -0.2) is 60.0 Å². The summed E-state index contributed by atoms with van der Waals surface area (Å²) in [6.45, 7) is 8.34.